The molecule has 0 aliphatic carbocycles. The predicted molar refractivity (Wildman–Crippen MR) is 85.8 cm³/mol. The average molecular weight is 292 g/mol. The Kier molecular flexibility index (Phi) is 2.64. The second-order valence-electron chi connectivity index (χ2n) is 5.95. The van der Waals surface area contributed by atoms with Crippen LogP contribution in [0, 0.1) is 6.92 Å². The van der Waals surface area contributed by atoms with Crippen LogP contribution in [0.3, 0.4) is 0 Å². The summed E-state index contributed by atoms with van der Waals surface area (Å²) in [5, 5.41) is 4.81. The first kappa shape index (κ1) is 13.1. The van der Waals surface area contributed by atoms with Gasteiger partial charge in [-0.2, -0.15) is 0 Å². The summed E-state index contributed by atoms with van der Waals surface area (Å²) in [5.41, 5.74) is 3.39. The van der Waals surface area contributed by atoms with Crippen LogP contribution in [0.4, 0.5) is 5.69 Å². The number of hydrogen-bond acceptors (Lipinski definition) is 2. The van der Waals surface area contributed by atoms with Gasteiger partial charge in [-0.3, -0.25) is 14.5 Å². The zero-order chi connectivity index (χ0) is 15.4. The fraction of sp³-hybridized carbons (Fsp3) is 0.222. The van der Waals surface area contributed by atoms with Gasteiger partial charge in [-0.25, -0.2) is 0 Å². The predicted octanol–water partition coefficient (Wildman–Crippen LogP) is 2.90. The summed E-state index contributed by atoms with van der Waals surface area (Å²) in [5.74, 6) is -0.231. The quantitative estimate of drug-likeness (QED) is 0.878. The summed E-state index contributed by atoms with van der Waals surface area (Å²) in [6.45, 7) is 5.83. The van der Waals surface area contributed by atoms with Crippen molar-refractivity contribution in [3.8, 4) is 0 Å². The Labute approximate surface area is 128 Å². The topological polar surface area (TPSA) is 49.4 Å². The SMILES string of the molecule is C=C1CCC(N2C(=O)c3ccc(C)c4cccc2c34)C(=O)N1. The number of allylic oxidation sites excluding steroid dienone is 1. The smallest absolute Gasteiger partial charge is 0.259 e. The van der Waals surface area contributed by atoms with Crippen LogP contribution >= 0.6 is 0 Å². The minimum atomic E-state index is -0.462. The van der Waals surface area contributed by atoms with Crippen molar-refractivity contribution in [3.63, 3.8) is 0 Å². The zero-order valence-corrected chi connectivity index (χ0v) is 12.3. The Hall–Kier alpha value is -2.62. The molecule has 2 aliphatic rings. The lowest BCUT2D eigenvalue weighted by molar-refractivity contribution is -0.122. The first-order chi connectivity index (χ1) is 10.6. The molecule has 2 aromatic rings. The molecule has 2 heterocycles. The van der Waals surface area contributed by atoms with E-state index in [1.807, 2.05) is 37.3 Å². The highest BCUT2D eigenvalue weighted by Gasteiger charge is 2.39. The van der Waals surface area contributed by atoms with Gasteiger partial charge in [-0.1, -0.05) is 24.8 Å². The molecular weight excluding hydrogens is 276 g/mol. The summed E-state index contributed by atoms with van der Waals surface area (Å²) >= 11 is 0. The molecule has 0 bridgehead atoms. The maximum atomic E-state index is 12.8. The molecule has 2 aromatic carbocycles. The standard InChI is InChI=1S/C18H16N2O2/c1-10-6-8-13-16-12(10)4-3-5-14(16)20(18(13)22)15-9-7-11(2)19-17(15)21/h3-6,8,15H,2,7,9H2,1H3,(H,19,21). The molecule has 2 amide bonds. The average Bonchev–Trinajstić information content (AvgIpc) is 2.77. The number of carbonyl (C=O) groups excluding carboxylic acids is 2. The molecule has 4 nitrogen and oxygen atoms in total. The molecule has 1 atom stereocenters. The molecule has 110 valence electrons. The Morgan fingerprint density at radius 1 is 1.23 bits per heavy atom. The number of aryl methyl sites for hydroxylation is 1. The Balaban J connectivity index is 1.89. The van der Waals surface area contributed by atoms with Crippen LogP contribution in [-0.2, 0) is 4.79 Å². The van der Waals surface area contributed by atoms with E-state index in [4.69, 9.17) is 0 Å². The monoisotopic (exact) mass is 292 g/mol. The number of anilines is 1. The first-order valence-corrected chi connectivity index (χ1v) is 7.42. The second kappa shape index (κ2) is 4.44. The Morgan fingerprint density at radius 3 is 2.82 bits per heavy atom. The highest BCUT2D eigenvalue weighted by atomic mass is 16.2. The molecule has 22 heavy (non-hydrogen) atoms. The van der Waals surface area contributed by atoms with E-state index in [-0.39, 0.29) is 11.8 Å². The van der Waals surface area contributed by atoms with Crippen LogP contribution in [0.15, 0.2) is 42.6 Å². The fourth-order valence-electron chi connectivity index (χ4n) is 3.47. The van der Waals surface area contributed by atoms with Gasteiger partial charge in [0.05, 0.1) is 5.69 Å². The molecule has 0 spiro atoms. The number of nitrogens with one attached hydrogen (secondary N) is 1. The van der Waals surface area contributed by atoms with E-state index < -0.39 is 6.04 Å². The third kappa shape index (κ3) is 1.64. The lowest BCUT2D eigenvalue weighted by atomic mass is 10.0. The van der Waals surface area contributed by atoms with Crippen molar-refractivity contribution in [2.75, 3.05) is 4.90 Å². The number of hydrogen-bond donors (Lipinski definition) is 1. The van der Waals surface area contributed by atoms with E-state index in [2.05, 4.69) is 11.9 Å². The summed E-state index contributed by atoms with van der Waals surface area (Å²) in [6, 6.07) is 9.26. The summed E-state index contributed by atoms with van der Waals surface area (Å²) in [4.78, 5) is 26.8. The van der Waals surface area contributed by atoms with Gasteiger partial charge in [0, 0.05) is 16.6 Å². The summed E-state index contributed by atoms with van der Waals surface area (Å²) < 4.78 is 0. The van der Waals surface area contributed by atoms with Gasteiger partial charge in [-0.15, -0.1) is 0 Å². The lowest BCUT2D eigenvalue weighted by Crippen LogP contribution is -2.51. The maximum Gasteiger partial charge on any atom is 0.259 e. The molecule has 1 fully saturated rings. The van der Waals surface area contributed by atoms with Crippen LogP contribution < -0.4 is 10.2 Å². The maximum absolute atomic E-state index is 12.8. The van der Waals surface area contributed by atoms with Crippen LogP contribution in [0.1, 0.15) is 28.8 Å². The van der Waals surface area contributed by atoms with Gasteiger partial charge in [0.25, 0.3) is 5.91 Å². The van der Waals surface area contributed by atoms with Crippen molar-refractivity contribution in [1.29, 1.82) is 0 Å². The molecule has 4 heteroatoms. The minimum absolute atomic E-state index is 0.0844. The summed E-state index contributed by atoms with van der Waals surface area (Å²) in [7, 11) is 0. The fourth-order valence-corrected chi connectivity index (χ4v) is 3.47. The molecule has 0 radical (unpaired) electrons. The first-order valence-electron chi connectivity index (χ1n) is 7.42. The number of carbonyl (C=O) groups is 2. The van der Waals surface area contributed by atoms with Crippen molar-refractivity contribution in [3.05, 3.63) is 53.7 Å². The van der Waals surface area contributed by atoms with Gasteiger partial charge in [-0.05, 0) is 42.8 Å². The molecule has 1 saturated heterocycles. The molecule has 1 unspecified atom stereocenters. The van der Waals surface area contributed by atoms with E-state index in [0.29, 0.717) is 18.4 Å². The number of rotatable bonds is 1. The Morgan fingerprint density at radius 2 is 2.05 bits per heavy atom. The van der Waals surface area contributed by atoms with Gasteiger partial charge in [0.1, 0.15) is 6.04 Å². The molecular formula is C18H16N2O2. The molecule has 0 saturated carbocycles. The van der Waals surface area contributed by atoms with Crippen LogP contribution in [0.5, 0.6) is 0 Å². The van der Waals surface area contributed by atoms with E-state index >= 15 is 0 Å². The lowest BCUT2D eigenvalue weighted by Gasteiger charge is -2.31. The van der Waals surface area contributed by atoms with Gasteiger partial charge in [0.2, 0.25) is 5.91 Å². The molecule has 0 aromatic heterocycles. The van der Waals surface area contributed by atoms with Crippen molar-refractivity contribution in [2.45, 2.75) is 25.8 Å². The molecule has 2 aliphatic heterocycles. The Bertz CT molecular complexity index is 854. The normalized spacial score (nSPS) is 20.7. The van der Waals surface area contributed by atoms with Gasteiger partial charge in [0.15, 0.2) is 0 Å². The van der Waals surface area contributed by atoms with Crippen molar-refractivity contribution in [2.24, 2.45) is 0 Å². The van der Waals surface area contributed by atoms with Crippen molar-refractivity contribution in [1.82, 2.24) is 5.32 Å². The van der Waals surface area contributed by atoms with Gasteiger partial charge < -0.3 is 5.32 Å². The summed E-state index contributed by atoms with van der Waals surface area (Å²) in [6.07, 6.45) is 1.31. The van der Waals surface area contributed by atoms with Gasteiger partial charge >= 0.3 is 0 Å². The van der Waals surface area contributed by atoms with Crippen LogP contribution in [0.25, 0.3) is 10.8 Å². The largest absolute Gasteiger partial charge is 0.329 e. The minimum Gasteiger partial charge on any atom is -0.329 e. The third-order valence-electron chi connectivity index (χ3n) is 4.58. The van der Waals surface area contributed by atoms with E-state index in [1.54, 1.807) is 4.90 Å². The van der Waals surface area contributed by atoms with Crippen molar-refractivity contribution >= 4 is 28.3 Å². The molecule has 1 N–H and O–H groups in total. The number of amides is 2. The molecule has 4 rings (SSSR count). The second-order valence-corrected chi connectivity index (χ2v) is 5.95. The highest BCUT2D eigenvalue weighted by molar-refractivity contribution is 6.27. The van der Waals surface area contributed by atoms with Crippen LogP contribution in [0.2, 0.25) is 0 Å². The number of nitrogens with zero attached hydrogens (tertiary/aromatic N) is 1. The van der Waals surface area contributed by atoms with Crippen LogP contribution in [-0.4, -0.2) is 17.9 Å². The zero-order valence-electron chi connectivity index (χ0n) is 12.3. The third-order valence-corrected chi connectivity index (χ3v) is 4.58. The number of piperidine rings is 1. The van der Waals surface area contributed by atoms with E-state index in [1.165, 1.54) is 0 Å². The highest BCUT2D eigenvalue weighted by Crippen LogP contribution is 2.40. The van der Waals surface area contributed by atoms with E-state index in [9.17, 15) is 9.59 Å². The van der Waals surface area contributed by atoms with Crippen molar-refractivity contribution < 1.29 is 9.59 Å². The van der Waals surface area contributed by atoms with E-state index in [0.717, 1.165) is 27.7 Å². The number of benzene rings is 2.